The minimum Gasteiger partial charge on any atom is -0.487 e. The van der Waals surface area contributed by atoms with Crippen LogP contribution in [0, 0.1) is 5.82 Å². The normalized spacial score (nSPS) is 12.2. The molecule has 0 aromatic heterocycles. The Balaban J connectivity index is 2.13. The number of benzene rings is 2. The Morgan fingerprint density at radius 3 is 2.75 bits per heavy atom. The molecule has 5 heteroatoms. The first-order valence-corrected chi connectivity index (χ1v) is 7.27. The average molecular weight is 359 g/mol. The summed E-state index contributed by atoms with van der Waals surface area (Å²) in [6.45, 7) is 2.12. The number of hydrogen-bond donors (Lipinski definition) is 1. The van der Waals surface area contributed by atoms with E-state index in [1.165, 1.54) is 6.07 Å². The third-order valence-corrected chi connectivity index (χ3v) is 4.08. The Hall–Kier alpha value is -1.10. The van der Waals surface area contributed by atoms with Gasteiger partial charge in [0.25, 0.3) is 0 Å². The van der Waals surface area contributed by atoms with Crippen molar-refractivity contribution in [2.75, 3.05) is 0 Å². The topological polar surface area (TPSA) is 35.2 Å². The van der Waals surface area contributed by atoms with E-state index in [-0.39, 0.29) is 18.5 Å². The zero-order valence-corrected chi connectivity index (χ0v) is 13.2. The summed E-state index contributed by atoms with van der Waals surface area (Å²) in [5.74, 6) is 0.233. The molecule has 0 fully saturated rings. The van der Waals surface area contributed by atoms with Gasteiger partial charge >= 0.3 is 0 Å². The van der Waals surface area contributed by atoms with Gasteiger partial charge in [-0.2, -0.15) is 0 Å². The van der Waals surface area contributed by atoms with Crippen molar-refractivity contribution in [3.8, 4) is 5.75 Å². The maximum Gasteiger partial charge on any atom is 0.138 e. The van der Waals surface area contributed by atoms with E-state index in [0.29, 0.717) is 15.2 Å². The maximum atomic E-state index is 13.4. The molecule has 2 N–H and O–H groups in total. The van der Waals surface area contributed by atoms with E-state index >= 15 is 0 Å². The summed E-state index contributed by atoms with van der Waals surface area (Å²) in [5, 5.41) is 0.493. The molecule has 106 valence electrons. The largest absolute Gasteiger partial charge is 0.487 e. The molecule has 0 spiro atoms. The lowest BCUT2D eigenvalue weighted by Gasteiger charge is -2.12. The molecule has 2 nitrogen and oxygen atoms in total. The molecule has 0 aliphatic heterocycles. The average Bonchev–Trinajstić information content (AvgIpc) is 2.41. The minimum absolute atomic E-state index is 0.0843. The standard InChI is InChI=1S/C15H14BrClFNO/c1-9(19)10-5-6-14(12(17)7-10)20-8-11-3-2-4-13(18)15(11)16/h2-7,9H,8,19H2,1H3/t9-/m0/s1. The highest BCUT2D eigenvalue weighted by Crippen LogP contribution is 2.29. The fraction of sp³-hybridized carbons (Fsp3) is 0.200. The van der Waals surface area contributed by atoms with Gasteiger partial charge in [0.05, 0.1) is 9.50 Å². The summed E-state index contributed by atoms with van der Waals surface area (Å²) < 4.78 is 19.4. The molecule has 0 bridgehead atoms. The Morgan fingerprint density at radius 2 is 2.10 bits per heavy atom. The van der Waals surface area contributed by atoms with Crippen molar-refractivity contribution >= 4 is 27.5 Å². The van der Waals surface area contributed by atoms with E-state index < -0.39 is 0 Å². The number of ether oxygens (including phenoxy) is 1. The third-order valence-electron chi connectivity index (χ3n) is 2.90. The summed E-state index contributed by atoms with van der Waals surface area (Å²) in [5.41, 5.74) is 7.45. The van der Waals surface area contributed by atoms with Crippen LogP contribution in [0.1, 0.15) is 24.1 Å². The highest BCUT2D eigenvalue weighted by atomic mass is 79.9. The fourth-order valence-corrected chi connectivity index (χ4v) is 2.36. The lowest BCUT2D eigenvalue weighted by Crippen LogP contribution is -2.05. The second-order valence-corrected chi connectivity index (χ2v) is 5.68. The Kier molecular flexibility index (Phi) is 5.02. The van der Waals surface area contributed by atoms with Gasteiger partial charge in [0.2, 0.25) is 0 Å². The Labute approximate surface area is 130 Å². The van der Waals surface area contributed by atoms with Crippen molar-refractivity contribution in [3.05, 3.63) is 62.8 Å². The zero-order chi connectivity index (χ0) is 14.7. The van der Waals surface area contributed by atoms with E-state index in [9.17, 15) is 4.39 Å². The molecular formula is C15H14BrClFNO. The van der Waals surface area contributed by atoms with Gasteiger partial charge < -0.3 is 10.5 Å². The van der Waals surface area contributed by atoms with E-state index in [1.54, 1.807) is 24.3 Å². The first-order valence-electron chi connectivity index (χ1n) is 6.09. The highest BCUT2D eigenvalue weighted by Gasteiger charge is 2.09. The van der Waals surface area contributed by atoms with Crippen LogP contribution in [0.2, 0.25) is 5.02 Å². The highest BCUT2D eigenvalue weighted by molar-refractivity contribution is 9.10. The first kappa shape index (κ1) is 15.3. The van der Waals surface area contributed by atoms with Crippen molar-refractivity contribution in [1.29, 1.82) is 0 Å². The van der Waals surface area contributed by atoms with Crippen LogP contribution in [-0.2, 0) is 6.61 Å². The molecule has 0 aliphatic rings. The molecule has 0 heterocycles. The van der Waals surface area contributed by atoms with Crippen LogP contribution in [0.3, 0.4) is 0 Å². The molecule has 0 saturated carbocycles. The van der Waals surface area contributed by atoms with Crippen molar-refractivity contribution in [3.63, 3.8) is 0 Å². The van der Waals surface area contributed by atoms with Gasteiger partial charge in [0.15, 0.2) is 0 Å². The molecule has 1 atom stereocenters. The lowest BCUT2D eigenvalue weighted by atomic mass is 10.1. The van der Waals surface area contributed by atoms with Crippen LogP contribution in [0.5, 0.6) is 5.75 Å². The van der Waals surface area contributed by atoms with Gasteiger partial charge in [-0.15, -0.1) is 0 Å². The van der Waals surface area contributed by atoms with Crippen molar-refractivity contribution < 1.29 is 9.13 Å². The number of nitrogens with two attached hydrogens (primary N) is 1. The molecule has 20 heavy (non-hydrogen) atoms. The number of halogens is 3. The Morgan fingerprint density at radius 1 is 1.35 bits per heavy atom. The summed E-state index contributed by atoms with van der Waals surface area (Å²) in [6, 6.07) is 10.1. The smallest absolute Gasteiger partial charge is 0.138 e. The first-order chi connectivity index (χ1) is 9.49. The molecular weight excluding hydrogens is 345 g/mol. The monoisotopic (exact) mass is 357 g/mol. The van der Waals surface area contributed by atoms with Crippen LogP contribution in [-0.4, -0.2) is 0 Å². The molecule has 0 unspecified atom stereocenters. The maximum absolute atomic E-state index is 13.4. The predicted molar refractivity (Wildman–Crippen MR) is 82.5 cm³/mol. The van der Waals surface area contributed by atoms with E-state index in [2.05, 4.69) is 15.9 Å². The summed E-state index contributed by atoms with van der Waals surface area (Å²) >= 11 is 9.34. The molecule has 2 rings (SSSR count). The van der Waals surface area contributed by atoms with Gasteiger partial charge in [-0.05, 0) is 46.6 Å². The van der Waals surface area contributed by atoms with Crippen molar-refractivity contribution in [2.24, 2.45) is 5.73 Å². The van der Waals surface area contributed by atoms with E-state index in [1.807, 2.05) is 13.0 Å². The predicted octanol–water partition coefficient (Wildman–Crippen LogP) is 4.84. The van der Waals surface area contributed by atoms with Gasteiger partial charge in [0.1, 0.15) is 18.2 Å². The van der Waals surface area contributed by atoms with Gasteiger partial charge in [-0.25, -0.2) is 4.39 Å². The molecule has 2 aromatic rings. The summed E-state index contributed by atoms with van der Waals surface area (Å²) in [4.78, 5) is 0. The lowest BCUT2D eigenvalue weighted by molar-refractivity contribution is 0.304. The molecule has 0 radical (unpaired) electrons. The fourth-order valence-electron chi connectivity index (χ4n) is 1.73. The molecule has 2 aromatic carbocycles. The SMILES string of the molecule is C[C@H](N)c1ccc(OCc2cccc(F)c2Br)c(Cl)c1. The number of rotatable bonds is 4. The van der Waals surface area contributed by atoms with Crippen LogP contribution < -0.4 is 10.5 Å². The van der Waals surface area contributed by atoms with Crippen LogP contribution in [0.15, 0.2) is 40.9 Å². The second-order valence-electron chi connectivity index (χ2n) is 4.48. The molecule has 0 aliphatic carbocycles. The van der Waals surface area contributed by atoms with Crippen LogP contribution in [0.25, 0.3) is 0 Å². The van der Waals surface area contributed by atoms with E-state index in [4.69, 9.17) is 22.1 Å². The molecule has 0 saturated heterocycles. The molecule has 0 amide bonds. The summed E-state index contributed by atoms with van der Waals surface area (Å²) in [6.07, 6.45) is 0. The van der Waals surface area contributed by atoms with Gasteiger partial charge in [0, 0.05) is 11.6 Å². The zero-order valence-electron chi connectivity index (χ0n) is 10.9. The van der Waals surface area contributed by atoms with Gasteiger partial charge in [-0.1, -0.05) is 29.8 Å². The number of hydrogen-bond acceptors (Lipinski definition) is 2. The van der Waals surface area contributed by atoms with Crippen LogP contribution in [0.4, 0.5) is 4.39 Å². The van der Waals surface area contributed by atoms with E-state index in [0.717, 1.165) is 11.1 Å². The minimum atomic E-state index is -0.315. The Bertz CT molecular complexity index is 619. The van der Waals surface area contributed by atoms with Crippen LogP contribution >= 0.6 is 27.5 Å². The third kappa shape index (κ3) is 3.51. The quantitative estimate of drug-likeness (QED) is 0.848. The van der Waals surface area contributed by atoms with Crippen molar-refractivity contribution in [1.82, 2.24) is 0 Å². The second kappa shape index (κ2) is 6.57. The van der Waals surface area contributed by atoms with Crippen molar-refractivity contribution in [2.45, 2.75) is 19.6 Å². The summed E-state index contributed by atoms with van der Waals surface area (Å²) in [7, 11) is 0. The van der Waals surface area contributed by atoms with Gasteiger partial charge in [-0.3, -0.25) is 0 Å².